The van der Waals surface area contributed by atoms with E-state index in [1.54, 1.807) is 29.2 Å². The zero-order valence-electron chi connectivity index (χ0n) is 26.1. The molecule has 2 fully saturated rings. The maximum absolute atomic E-state index is 13.6. The molecule has 44 heavy (non-hydrogen) atoms. The van der Waals surface area contributed by atoms with Gasteiger partial charge in [0.05, 0.1) is 18.0 Å². The monoisotopic (exact) mass is 598 g/mol. The first-order valence-electron chi connectivity index (χ1n) is 15.7. The summed E-state index contributed by atoms with van der Waals surface area (Å²) in [4.78, 5) is 39.3. The van der Waals surface area contributed by atoms with Gasteiger partial charge in [0.1, 0.15) is 11.4 Å². The van der Waals surface area contributed by atoms with Crippen LogP contribution in [0.3, 0.4) is 0 Å². The van der Waals surface area contributed by atoms with Crippen LogP contribution in [0.1, 0.15) is 86.7 Å². The number of rotatable bonds is 4. The Morgan fingerprint density at radius 1 is 1.02 bits per heavy atom. The van der Waals surface area contributed by atoms with Crippen molar-refractivity contribution in [2.75, 3.05) is 18.0 Å². The first-order valence-corrected chi connectivity index (χ1v) is 15.7. The predicted molar refractivity (Wildman–Crippen MR) is 169 cm³/mol. The zero-order chi connectivity index (χ0) is 31.0. The topological polar surface area (TPSA) is 113 Å². The molecular weight excluding hydrogens is 556 g/mol. The smallest absolute Gasteiger partial charge is 0.410 e. The van der Waals surface area contributed by atoms with Crippen LogP contribution in [0.2, 0.25) is 0 Å². The van der Waals surface area contributed by atoms with E-state index in [-0.39, 0.29) is 24.1 Å². The molecular formula is C34H42N6O4. The summed E-state index contributed by atoms with van der Waals surface area (Å²) in [6.45, 7) is 7.01. The van der Waals surface area contributed by atoms with Crippen LogP contribution in [-0.4, -0.2) is 73.4 Å². The molecule has 6 rings (SSSR count). The van der Waals surface area contributed by atoms with Gasteiger partial charge in [-0.2, -0.15) is 10.1 Å². The molecule has 1 N–H and O–H groups in total. The van der Waals surface area contributed by atoms with Crippen LogP contribution in [-0.2, 0) is 18.2 Å². The molecule has 0 spiro atoms. The molecule has 10 heteroatoms. The number of likely N-dealkylation sites (tertiary alicyclic amines) is 1. The van der Waals surface area contributed by atoms with Crippen LogP contribution in [0.25, 0.3) is 11.3 Å². The number of aliphatic hydroxyl groups is 1. The van der Waals surface area contributed by atoms with Crippen molar-refractivity contribution in [1.82, 2.24) is 19.7 Å². The number of carbonyl (C=O) groups excluding carboxylic acids is 2. The summed E-state index contributed by atoms with van der Waals surface area (Å²) >= 11 is 0. The van der Waals surface area contributed by atoms with Gasteiger partial charge in [-0.05, 0) is 94.5 Å². The molecule has 0 atom stereocenters. The number of fused-ring (bicyclic) bond motifs is 1. The molecule has 10 nitrogen and oxygen atoms in total. The number of benzene rings is 1. The second kappa shape index (κ2) is 12.1. The van der Waals surface area contributed by atoms with E-state index in [4.69, 9.17) is 9.73 Å². The fourth-order valence-corrected chi connectivity index (χ4v) is 6.63. The summed E-state index contributed by atoms with van der Waals surface area (Å²) in [5, 5.41) is 14.4. The molecule has 1 aromatic carbocycles. The van der Waals surface area contributed by atoms with Gasteiger partial charge in [0.25, 0.3) is 5.91 Å². The number of aromatic nitrogens is 3. The maximum atomic E-state index is 13.6. The van der Waals surface area contributed by atoms with Gasteiger partial charge in [-0.3, -0.25) is 14.5 Å². The number of aliphatic hydroxyl groups excluding tert-OH is 1. The molecule has 3 aromatic rings. The van der Waals surface area contributed by atoms with Gasteiger partial charge in [0.15, 0.2) is 0 Å². The molecule has 0 bridgehead atoms. The van der Waals surface area contributed by atoms with Crippen molar-refractivity contribution in [2.24, 2.45) is 12.0 Å². The van der Waals surface area contributed by atoms with Gasteiger partial charge in [-0.25, -0.2) is 4.79 Å². The van der Waals surface area contributed by atoms with Crippen LogP contribution >= 0.6 is 0 Å². The highest BCUT2D eigenvalue weighted by molar-refractivity contribution is 6.13. The number of piperidine rings is 1. The Labute approximate surface area is 258 Å². The number of amides is 2. The Bertz CT molecular complexity index is 1560. The Kier molecular flexibility index (Phi) is 8.28. The normalized spacial score (nSPS) is 21.9. The maximum Gasteiger partial charge on any atom is 0.410 e. The summed E-state index contributed by atoms with van der Waals surface area (Å²) in [5.74, 6) is 0.807. The Hall–Kier alpha value is -4.05. The minimum atomic E-state index is -0.504. The van der Waals surface area contributed by atoms with Crippen LogP contribution in [0.15, 0.2) is 53.9 Å². The lowest BCUT2D eigenvalue weighted by molar-refractivity contribution is 0.0204. The van der Waals surface area contributed by atoms with E-state index >= 15 is 0 Å². The third kappa shape index (κ3) is 6.55. The number of aryl methyl sites for hydroxylation is 1. The predicted octanol–water partition coefficient (Wildman–Crippen LogP) is 5.50. The fraction of sp³-hybridized carbons (Fsp3) is 0.500. The minimum absolute atomic E-state index is 0.178. The van der Waals surface area contributed by atoms with Gasteiger partial charge < -0.3 is 19.6 Å². The highest BCUT2D eigenvalue weighted by Crippen LogP contribution is 2.39. The van der Waals surface area contributed by atoms with E-state index in [2.05, 4.69) is 33.2 Å². The first kappa shape index (κ1) is 30.0. The number of hydrogen-bond donors (Lipinski definition) is 1. The zero-order valence-corrected chi connectivity index (χ0v) is 26.1. The Morgan fingerprint density at radius 2 is 1.77 bits per heavy atom. The average molecular weight is 599 g/mol. The van der Waals surface area contributed by atoms with E-state index in [0.29, 0.717) is 36.7 Å². The molecule has 2 amide bonds. The second-order valence-electron chi connectivity index (χ2n) is 13.3. The summed E-state index contributed by atoms with van der Waals surface area (Å²) in [6.07, 6.45) is 10.2. The summed E-state index contributed by atoms with van der Waals surface area (Å²) < 4.78 is 7.29. The van der Waals surface area contributed by atoms with Crippen molar-refractivity contribution in [3.63, 3.8) is 0 Å². The van der Waals surface area contributed by atoms with Crippen molar-refractivity contribution >= 4 is 23.5 Å². The van der Waals surface area contributed by atoms with E-state index in [9.17, 15) is 14.7 Å². The number of aliphatic imine (C=N–C) groups is 1. The lowest BCUT2D eigenvalue weighted by Crippen LogP contribution is -2.41. The van der Waals surface area contributed by atoms with Gasteiger partial charge in [-0.1, -0.05) is 12.1 Å². The number of carbonyl (C=O) groups is 2. The molecule has 3 aliphatic rings. The SMILES string of the molecule is Cn1cc(-c2cc(C(=O)N=C3Cc4cc(C5CCN(C(=O)OC(C)(C)C)CC5)ccc4N3C3CCC(O)CC3)ccn2)cn1. The standard InChI is InChI=1S/C34H42N6O4/c1-34(2,3)44-33(43)39-15-12-22(13-16-39)23-5-10-30-25(17-23)19-31(40(30)27-6-8-28(41)9-7-27)37-32(42)24-11-14-35-29(18-24)26-20-36-38(4)21-26/h5,10-11,14,17-18,20-22,27-28,41H,6-9,12-13,15-16,19H2,1-4H3. The van der Waals surface area contributed by atoms with Crippen molar-refractivity contribution < 1.29 is 19.4 Å². The molecule has 1 aliphatic carbocycles. The van der Waals surface area contributed by atoms with Gasteiger partial charge in [-0.15, -0.1) is 0 Å². The van der Waals surface area contributed by atoms with Gasteiger partial charge in [0, 0.05) is 61.8 Å². The van der Waals surface area contributed by atoms with Crippen LogP contribution in [0.5, 0.6) is 0 Å². The third-order valence-electron chi connectivity index (χ3n) is 8.88. The number of pyridine rings is 1. The molecule has 2 aliphatic heterocycles. The Balaban J connectivity index is 1.23. The number of hydrogen-bond acceptors (Lipinski definition) is 6. The molecule has 2 aromatic heterocycles. The quantitative estimate of drug-likeness (QED) is 0.422. The second-order valence-corrected chi connectivity index (χ2v) is 13.3. The average Bonchev–Trinajstić information content (AvgIpc) is 3.59. The number of anilines is 1. The summed E-state index contributed by atoms with van der Waals surface area (Å²) in [5.41, 5.74) is 5.03. The van der Waals surface area contributed by atoms with Crippen molar-refractivity contribution in [3.05, 3.63) is 65.6 Å². The highest BCUT2D eigenvalue weighted by atomic mass is 16.6. The summed E-state index contributed by atoms with van der Waals surface area (Å²) in [7, 11) is 1.85. The lowest BCUT2D eigenvalue weighted by Gasteiger charge is -2.35. The summed E-state index contributed by atoms with van der Waals surface area (Å²) in [6, 6.07) is 10.3. The largest absolute Gasteiger partial charge is 0.444 e. The van der Waals surface area contributed by atoms with Gasteiger partial charge in [0.2, 0.25) is 0 Å². The number of nitrogens with zero attached hydrogens (tertiary/aromatic N) is 6. The van der Waals surface area contributed by atoms with Crippen molar-refractivity contribution in [2.45, 2.75) is 89.4 Å². The van der Waals surface area contributed by atoms with Crippen LogP contribution in [0.4, 0.5) is 10.5 Å². The van der Waals surface area contributed by atoms with Crippen molar-refractivity contribution in [3.8, 4) is 11.3 Å². The number of amidine groups is 1. The van der Waals surface area contributed by atoms with E-state index in [1.165, 1.54) is 11.1 Å². The van der Waals surface area contributed by atoms with Crippen LogP contribution in [0, 0.1) is 0 Å². The molecule has 0 radical (unpaired) electrons. The van der Waals surface area contributed by atoms with Crippen molar-refractivity contribution in [1.29, 1.82) is 0 Å². The third-order valence-corrected chi connectivity index (χ3v) is 8.88. The van der Waals surface area contributed by atoms with E-state index in [1.807, 2.05) is 38.9 Å². The minimum Gasteiger partial charge on any atom is -0.444 e. The molecule has 4 heterocycles. The first-order chi connectivity index (χ1) is 21.0. The molecule has 0 unspecified atom stereocenters. The molecule has 1 saturated heterocycles. The Morgan fingerprint density at radius 3 is 2.45 bits per heavy atom. The van der Waals surface area contributed by atoms with E-state index < -0.39 is 5.60 Å². The van der Waals surface area contributed by atoms with Crippen LogP contribution < -0.4 is 4.90 Å². The molecule has 1 saturated carbocycles. The lowest BCUT2D eigenvalue weighted by atomic mass is 9.88. The fourth-order valence-electron chi connectivity index (χ4n) is 6.63. The van der Waals surface area contributed by atoms with Gasteiger partial charge >= 0.3 is 6.09 Å². The number of ether oxygens (including phenoxy) is 1. The van der Waals surface area contributed by atoms with E-state index in [0.717, 1.165) is 55.6 Å². The highest BCUT2D eigenvalue weighted by Gasteiger charge is 2.35. The molecule has 232 valence electrons.